The van der Waals surface area contributed by atoms with Gasteiger partial charge in [-0.3, -0.25) is 4.99 Å². The van der Waals surface area contributed by atoms with Crippen LogP contribution in [0.1, 0.15) is 5.56 Å². The van der Waals surface area contributed by atoms with Crippen LogP contribution in [0.15, 0.2) is 17.1 Å². The van der Waals surface area contributed by atoms with Crippen molar-refractivity contribution in [3.63, 3.8) is 0 Å². The van der Waals surface area contributed by atoms with Crippen LogP contribution in [0.5, 0.6) is 0 Å². The van der Waals surface area contributed by atoms with Crippen molar-refractivity contribution in [3.05, 3.63) is 29.3 Å². The van der Waals surface area contributed by atoms with Crippen LogP contribution in [-0.2, 0) is 11.3 Å². The van der Waals surface area contributed by atoms with Gasteiger partial charge in [0.15, 0.2) is 5.96 Å². The van der Waals surface area contributed by atoms with E-state index in [1.54, 1.807) is 19.0 Å². The maximum atomic E-state index is 14.2. The number of ether oxygens (including phenoxy) is 1. The van der Waals surface area contributed by atoms with Crippen LogP contribution in [0, 0.1) is 11.6 Å². The maximum Gasteiger partial charge on any atom is 0.190 e. The lowest BCUT2D eigenvalue weighted by Gasteiger charge is -2.29. The molecule has 1 aliphatic rings. The minimum absolute atomic E-state index is 0.0278. The summed E-state index contributed by atoms with van der Waals surface area (Å²) in [4.78, 5) is 5.62. The molecule has 5 nitrogen and oxygen atoms in total. The van der Waals surface area contributed by atoms with Gasteiger partial charge < -0.3 is 20.3 Å². The lowest BCUT2D eigenvalue weighted by atomic mass is 10.1. The summed E-state index contributed by atoms with van der Waals surface area (Å²) in [6, 6.07) is 2.70. The first-order valence-corrected chi connectivity index (χ1v) is 6.84. The SMILES string of the molecule is CN=C(NC)NCc1cc(F)c(N2CCOCC2)c(F)c1. The predicted molar refractivity (Wildman–Crippen MR) is 78.6 cm³/mol. The van der Waals surface area contributed by atoms with Crippen molar-refractivity contribution >= 4 is 11.6 Å². The highest BCUT2D eigenvalue weighted by atomic mass is 19.1. The molecule has 0 bridgehead atoms. The molecule has 116 valence electrons. The molecule has 0 spiro atoms. The first-order chi connectivity index (χ1) is 10.2. The lowest BCUT2D eigenvalue weighted by Crippen LogP contribution is -2.37. The lowest BCUT2D eigenvalue weighted by molar-refractivity contribution is 0.122. The second-order valence-electron chi connectivity index (χ2n) is 4.68. The molecule has 7 heteroatoms. The second kappa shape index (κ2) is 7.21. The Morgan fingerprint density at radius 2 is 1.90 bits per heavy atom. The summed E-state index contributed by atoms with van der Waals surface area (Å²) >= 11 is 0. The van der Waals surface area contributed by atoms with Gasteiger partial charge in [0.05, 0.1) is 13.2 Å². The molecule has 1 saturated heterocycles. The maximum absolute atomic E-state index is 14.2. The van der Waals surface area contributed by atoms with Crippen LogP contribution in [0.2, 0.25) is 0 Å². The molecule has 0 unspecified atom stereocenters. The molecular formula is C14H20F2N4O. The zero-order chi connectivity index (χ0) is 15.2. The van der Waals surface area contributed by atoms with Gasteiger partial charge >= 0.3 is 0 Å². The number of hydrogen-bond donors (Lipinski definition) is 2. The number of nitrogens with zero attached hydrogens (tertiary/aromatic N) is 2. The molecule has 0 saturated carbocycles. The van der Waals surface area contributed by atoms with Gasteiger partial charge in [0, 0.05) is 33.7 Å². The largest absolute Gasteiger partial charge is 0.378 e. The zero-order valence-corrected chi connectivity index (χ0v) is 12.2. The molecule has 21 heavy (non-hydrogen) atoms. The average molecular weight is 298 g/mol. The van der Waals surface area contributed by atoms with Crippen LogP contribution in [0.25, 0.3) is 0 Å². The number of rotatable bonds is 3. The molecule has 0 atom stereocenters. The first-order valence-electron chi connectivity index (χ1n) is 6.84. The van der Waals surface area contributed by atoms with Crippen molar-refractivity contribution in [1.29, 1.82) is 0 Å². The van der Waals surface area contributed by atoms with E-state index in [9.17, 15) is 8.78 Å². The molecule has 2 rings (SSSR count). The molecule has 0 radical (unpaired) electrons. The fourth-order valence-corrected chi connectivity index (χ4v) is 2.27. The minimum Gasteiger partial charge on any atom is -0.378 e. The summed E-state index contributed by atoms with van der Waals surface area (Å²) in [6.45, 7) is 2.27. The molecule has 1 fully saturated rings. The van der Waals surface area contributed by atoms with Crippen LogP contribution >= 0.6 is 0 Å². The van der Waals surface area contributed by atoms with Crippen molar-refractivity contribution in [3.8, 4) is 0 Å². The van der Waals surface area contributed by atoms with Gasteiger partial charge in [-0.05, 0) is 17.7 Å². The third-order valence-corrected chi connectivity index (χ3v) is 3.32. The molecule has 0 aliphatic carbocycles. The first kappa shape index (κ1) is 15.5. The quantitative estimate of drug-likeness (QED) is 0.648. The van der Waals surface area contributed by atoms with E-state index in [4.69, 9.17) is 4.74 Å². The van der Waals surface area contributed by atoms with E-state index in [2.05, 4.69) is 15.6 Å². The fourth-order valence-electron chi connectivity index (χ4n) is 2.27. The fraction of sp³-hybridized carbons (Fsp3) is 0.500. The van der Waals surface area contributed by atoms with Gasteiger partial charge in [0.25, 0.3) is 0 Å². The van der Waals surface area contributed by atoms with Crippen LogP contribution in [-0.4, -0.2) is 46.4 Å². The summed E-state index contributed by atoms with van der Waals surface area (Å²) in [5, 5.41) is 5.80. The highest BCUT2D eigenvalue weighted by Gasteiger charge is 2.20. The van der Waals surface area contributed by atoms with Gasteiger partial charge in [-0.1, -0.05) is 0 Å². The smallest absolute Gasteiger partial charge is 0.190 e. The third-order valence-electron chi connectivity index (χ3n) is 3.32. The number of morpholine rings is 1. The Balaban J connectivity index is 2.12. The second-order valence-corrected chi connectivity index (χ2v) is 4.68. The number of halogens is 2. The van der Waals surface area contributed by atoms with E-state index in [0.29, 0.717) is 44.4 Å². The minimum atomic E-state index is -0.548. The number of nitrogens with one attached hydrogen (secondary N) is 2. The Morgan fingerprint density at radius 3 is 2.43 bits per heavy atom. The van der Waals surface area contributed by atoms with E-state index in [0.717, 1.165) is 0 Å². The Kier molecular flexibility index (Phi) is 5.32. The van der Waals surface area contributed by atoms with Crippen molar-refractivity contribution in [2.75, 3.05) is 45.3 Å². The Morgan fingerprint density at radius 1 is 1.29 bits per heavy atom. The van der Waals surface area contributed by atoms with E-state index >= 15 is 0 Å². The number of benzene rings is 1. The van der Waals surface area contributed by atoms with Gasteiger partial charge in [-0.25, -0.2) is 8.78 Å². The summed E-state index contributed by atoms with van der Waals surface area (Å²) in [7, 11) is 3.35. The van der Waals surface area contributed by atoms with E-state index in [1.807, 2.05) is 0 Å². The molecular weight excluding hydrogens is 278 g/mol. The Labute approximate surface area is 123 Å². The third kappa shape index (κ3) is 3.81. The summed E-state index contributed by atoms with van der Waals surface area (Å²) in [5.41, 5.74) is 0.554. The van der Waals surface area contributed by atoms with Crippen molar-refractivity contribution in [2.45, 2.75) is 6.54 Å². The van der Waals surface area contributed by atoms with E-state index in [-0.39, 0.29) is 5.69 Å². The summed E-state index contributed by atoms with van der Waals surface area (Å²) < 4.78 is 33.6. The van der Waals surface area contributed by atoms with Crippen molar-refractivity contribution in [2.24, 2.45) is 4.99 Å². The monoisotopic (exact) mass is 298 g/mol. The Hall–Kier alpha value is -1.89. The van der Waals surface area contributed by atoms with Crippen LogP contribution in [0.4, 0.5) is 14.5 Å². The van der Waals surface area contributed by atoms with E-state index < -0.39 is 11.6 Å². The van der Waals surface area contributed by atoms with Crippen LogP contribution in [0.3, 0.4) is 0 Å². The normalized spacial score (nSPS) is 16.0. The summed E-state index contributed by atoms with van der Waals surface area (Å²) in [5.74, 6) is -0.533. The van der Waals surface area contributed by atoms with E-state index in [1.165, 1.54) is 12.1 Å². The van der Waals surface area contributed by atoms with Gasteiger partial charge in [0.1, 0.15) is 17.3 Å². The van der Waals surface area contributed by atoms with Crippen molar-refractivity contribution in [1.82, 2.24) is 10.6 Å². The van der Waals surface area contributed by atoms with Crippen molar-refractivity contribution < 1.29 is 13.5 Å². The highest BCUT2D eigenvalue weighted by molar-refractivity contribution is 5.79. The Bertz CT molecular complexity index is 493. The number of anilines is 1. The predicted octanol–water partition coefficient (Wildman–Crippen LogP) is 1.10. The highest BCUT2D eigenvalue weighted by Crippen LogP contribution is 2.25. The van der Waals surface area contributed by atoms with Crippen LogP contribution < -0.4 is 15.5 Å². The molecule has 1 aliphatic heterocycles. The average Bonchev–Trinajstić information content (AvgIpc) is 2.49. The van der Waals surface area contributed by atoms with Gasteiger partial charge in [-0.2, -0.15) is 0 Å². The number of aliphatic imine (C=N–C) groups is 1. The topological polar surface area (TPSA) is 48.9 Å². The molecule has 1 aromatic rings. The molecule has 0 amide bonds. The molecule has 2 N–H and O–H groups in total. The number of guanidine groups is 1. The summed E-state index contributed by atoms with van der Waals surface area (Å²) in [6.07, 6.45) is 0. The molecule has 0 aromatic heterocycles. The standard InChI is InChI=1S/C14H20F2N4O/c1-17-14(18-2)19-9-10-7-11(15)13(12(16)8-10)20-3-5-21-6-4-20/h7-8H,3-6,9H2,1-2H3,(H2,17,18,19). The zero-order valence-electron chi connectivity index (χ0n) is 12.2. The van der Waals surface area contributed by atoms with Gasteiger partial charge in [0.2, 0.25) is 0 Å². The number of hydrogen-bond acceptors (Lipinski definition) is 3. The van der Waals surface area contributed by atoms with Gasteiger partial charge in [-0.15, -0.1) is 0 Å². The molecule has 1 aromatic carbocycles. The molecule has 1 heterocycles.